The minimum atomic E-state index is 0.834. The van der Waals surface area contributed by atoms with Crippen LogP contribution in [0.25, 0.3) is 0 Å². The largest absolute Gasteiger partial charge is 0.312 e. The highest BCUT2D eigenvalue weighted by atomic mass is 14.9. The zero-order chi connectivity index (χ0) is 18.2. The quantitative estimate of drug-likeness (QED) is 0.701. The molecule has 2 unspecified atom stereocenters. The molecule has 0 aromatic heterocycles. The zero-order valence-corrected chi connectivity index (χ0v) is 16.4. The van der Waals surface area contributed by atoms with Gasteiger partial charge in [-0.3, -0.25) is 0 Å². The predicted molar refractivity (Wildman–Crippen MR) is 111 cm³/mol. The van der Waals surface area contributed by atoms with Gasteiger partial charge < -0.3 is 10.6 Å². The second kappa shape index (κ2) is 9.89. The van der Waals surface area contributed by atoms with Gasteiger partial charge in [-0.1, -0.05) is 66.1 Å². The van der Waals surface area contributed by atoms with Gasteiger partial charge in [0.2, 0.25) is 0 Å². The van der Waals surface area contributed by atoms with Crippen LogP contribution in [0.2, 0.25) is 0 Å². The van der Waals surface area contributed by atoms with Crippen molar-refractivity contribution in [3.8, 4) is 0 Å². The van der Waals surface area contributed by atoms with E-state index in [1.165, 1.54) is 47.9 Å². The van der Waals surface area contributed by atoms with Gasteiger partial charge in [0.05, 0.1) is 0 Å². The Bertz CT molecular complexity index is 587. The van der Waals surface area contributed by atoms with Crippen LogP contribution in [0.3, 0.4) is 0 Å². The summed E-state index contributed by atoms with van der Waals surface area (Å²) < 4.78 is 0. The van der Waals surface area contributed by atoms with Gasteiger partial charge in [0.25, 0.3) is 0 Å². The summed E-state index contributed by atoms with van der Waals surface area (Å²) >= 11 is 0. The molecule has 1 aliphatic rings. The van der Waals surface area contributed by atoms with Gasteiger partial charge in [-0.05, 0) is 69.2 Å². The normalized spacial score (nSPS) is 20.2. The van der Waals surface area contributed by atoms with Gasteiger partial charge in [0.15, 0.2) is 0 Å². The highest BCUT2D eigenvalue weighted by Crippen LogP contribution is 2.28. The Morgan fingerprint density at radius 3 is 1.54 bits per heavy atom. The molecule has 2 heteroatoms. The van der Waals surface area contributed by atoms with Crippen molar-refractivity contribution < 1.29 is 0 Å². The second-order valence-electron chi connectivity index (χ2n) is 8.13. The number of aryl methyl sites for hydroxylation is 2. The van der Waals surface area contributed by atoms with Crippen molar-refractivity contribution >= 4 is 0 Å². The lowest BCUT2D eigenvalue weighted by atomic mass is 9.81. The van der Waals surface area contributed by atoms with E-state index < -0.39 is 0 Å². The zero-order valence-electron chi connectivity index (χ0n) is 16.4. The molecule has 0 heterocycles. The average Bonchev–Trinajstić information content (AvgIpc) is 2.65. The summed E-state index contributed by atoms with van der Waals surface area (Å²) in [4.78, 5) is 0. The summed E-state index contributed by atoms with van der Waals surface area (Å²) in [6, 6.07) is 17.8. The van der Waals surface area contributed by atoms with E-state index in [9.17, 15) is 0 Å². The van der Waals surface area contributed by atoms with Crippen molar-refractivity contribution in [1.29, 1.82) is 0 Å². The maximum atomic E-state index is 3.68. The van der Waals surface area contributed by atoms with Crippen LogP contribution in [0.5, 0.6) is 0 Å². The first-order valence-corrected chi connectivity index (χ1v) is 10.2. The molecular formula is C24H34N2. The average molecular weight is 351 g/mol. The summed E-state index contributed by atoms with van der Waals surface area (Å²) in [5.41, 5.74) is 5.45. The molecule has 1 saturated carbocycles. The fraction of sp³-hybridized carbons (Fsp3) is 0.500. The van der Waals surface area contributed by atoms with Gasteiger partial charge in [-0.15, -0.1) is 0 Å². The van der Waals surface area contributed by atoms with Crippen LogP contribution >= 0.6 is 0 Å². The van der Waals surface area contributed by atoms with E-state index in [0.717, 1.165) is 38.0 Å². The molecule has 1 fully saturated rings. The second-order valence-corrected chi connectivity index (χ2v) is 8.13. The Labute approximate surface area is 159 Å². The van der Waals surface area contributed by atoms with Crippen LogP contribution in [-0.2, 0) is 13.1 Å². The third kappa shape index (κ3) is 6.26. The van der Waals surface area contributed by atoms with E-state index >= 15 is 0 Å². The van der Waals surface area contributed by atoms with Crippen LogP contribution < -0.4 is 10.6 Å². The number of nitrogens with one attached hydrogen (secondary N) is 2. The van der Waals surface area contributed by atoms with Crippen molar-refractivity contribution in [2.75, 3.05) is 13.1 Å². The van der Waals surface area contributed by atoms with Crippen molar-refractivity contribution in [2.24, 2.45) is 11.8 Å². The maximum Gasteiger partial charge on any atom is 0.0205 e. The first-order valence-electron chi connectivity index (χ1n) is 10.2. The predicted octanol–water partition coefficient (Wildman–Crippen LogP) is 4.99. The van der Waals surface area contributed by atoms with Gasteiger partial charge in [0, 0.05) is 13.1 Å². The lowest BCUT2D eigenvalue weighted by molar-refractivity contribution is 0.252. The standard InChI is InChI=1S/C24H34N2/c1-19-6-10-21(11-7-19)15-25-17-23-4-3-5-24(14-23)18-26-16-22-12-8-20(2)9-13-22/h6-13,23-26H,3-5,14-18H2,1-2H3. The number of benzene rings is 2. The lowest BCUT2D eigenvalue weighted by Gasteiger charge is -2.29. The molecule has 3 rings (SSSR count). The number of hydrogen-bond acceptors (Lipinski definition) is 2. The summed E-state index contributed by atoms with van der Waals surface area (Å²) in [6.07, 6.45) is 5.51. The Morgan fingerprint density at radius 2 is 1.12 bits per heavy atom. The molecule has 140 valence electrons. The molecule has 26 heavy (non-hydrogen) atoms. The monoisotopic (exact) mass is 350 g/mol. The van der Waals surface area contributed by atoms with Crippen LogP contribution in [0.15, 0.2) is 48.5 Å². The molecule has 1 aliphatic carbocycles. The lowest BCUT2D eigenvalue weighted by Crippen LogP contribution is -2.31. The molecule has 0 spiro atoms. The Kier molecular flexibility index (Phi) is 7.28. The summed E-state index contributed by atoms with van der Waals surface area (Å²) in [6.45, 7) is 8.59. The molecule has 0 aliphatic heterocycles. The van der Waals surface area contributed by atoms with Crippen molar-refractivity contribution in [2.45, 2.75) is 52.6 Å². The Balaban J connectivity index is 1.34. The van der Waals surface area contributed by atoms with Crippen LogP contribution in [0.1, 0.15) is 47.9 Å². The SMILES string of the molecule is Cc1ccc(CNCC2CCCC(CNCc3ccc(C)cc3)C2)cc1. The van der Waals surface area contributed by atoms with Gasteiger partial charge in [-0.25, -0.2) is 0 Å². The van der Waals surface area contributed by atoms with E-state index in [1.54, 1.807) is 0 Å². The van der Waals surface area contributed by atoms with E-state index in [1.807, 2.05) is 0 Å². The van der Waals surface area contributed by atoms with E-state index in [-0.39, 0.29) is 0 Å². The van der Waals surface area contributed by atoms with Crippen LogP contribution in [-0.4, -0.2) is 13.1 Å². The molecule has 2 nitrogen and oxygen atoms in total. The molecule has 0 amide bonds. The summed E-state index contributed by atoms with van der Waals surface area (Å²) in [5.74, 6) is 1.67. The molecule has 2 atom stereocenters. The van der Waals surface area contributed by atoms with E-state index in [2.05, 4.69) is 73.0 Å². The van der Waals surface area contributed by atoms with Gasteiger partial charge in [0.1, 0.15) is 0 Å². The maximum absolute atomic E-state index is 3.68. The van der Waals surface area contributed by atoms with E-state index in [4.69, 9.17) is 0 Å². The summed E-state index contributed by atoms with van der Waals surface area (Å²) in [5, 5.41) is 7.36. The third-order valence-corrected chi connectivity index (χ3v) is 5.66. The highest BCUT2D eigenvalue weighted by Gasteiger charge is 2.21. The molecule has 2 aromatic carbocycles. The fourth-order valence-corrected chi connectivity index (χ4v) is 4.03. The van der Waals surface area contributed by atoms with Crippen LogP contribution in [0, 0.1) is 25.7 Å². The van der Waals surface area contributed by atoms with Crippen molar-refractivity contribution in [1.82, 2.24) is 10.6 Å². The molecule has 2 aromatic rings. The summed E-state index contributed by atoms with van der Waals surface area (Å²) in [7, 11) is 0. The fourth-order valence-electron chi connectivity index (χ4n) is 4.03. The third-order valence-electron chi connectivity index (χ3n) is 5.66. The smallest absolute Gasteiger partial charge is 0.0205 e. The molecular weight excluding hydrogens is 316 g/mol. The minimum Gasteiger partial charge on any atom is -0.312 e. The first-order chi connectivity index (χ1) is 12.7. The molecule has 0 radical (unpaired) electrons. The van der Waals surface area contributed by atoms with Gasteiger partial charge >= 0.3 is 0 Å². The minimum absolute atomic E-state index is 0.834. The first kappa shape index (κ1) is 19.1. The van der Waals surface area contributed by atoms with E-state index in [0.29, 0.717) is 0 Å². The van der Waals surface area contributed by atoms with Gasteiger partial charge in [-0.2, -0.15) is 0 Å². The van der Waals surface area contributed by atoms with Crippen LogP contribution in [0.4, 0.5) is 0 Å². The topological polar surface area (TPSA) is 24.1 Å². The Hall–Kier alpha value is -1.64. The molecule has 2 N–H and O–H groups in total. The van der Waals surface area contributed by atoms with Crippen molar-refractivity contribution in [3.05, 3.63) is 70.8 Å². The molecule has 0 saturated heterocycles. The van der Waals surface area contributed by atoms with Crippen molar-refractivity contribution in [3.63, 3.8) is 0 Å². The number of rotatable bonds is 8. The highest BCUT2D eigenvalue weighted by molar-refractivity contribution is 5.21. The Morgan fingerprint density at radius 1 is 0.692 bits per heavy atom. The number of hydrogen-bond donors (Lipinski definition) is 2. The molecule has 0 bridgehead atoms.